The molecule has 0 radical (unpaired) electrons. The van der Waals surface area contributed by atoms with Crippen molar-refractivity contribution in [1.82, 2.24) is 24.3 Å². The molecule has 0 saturated carbocycles. The van der Waals surface area contributed by atoms with Gasteiger partial charge in [0.2, 0.25) is 15.9 Å². The maximum Gasteiger partial charge on any atom is 0.243 e. The molecule has 1 N–H and O–H groups in total. The third kappa shape index (κ3) is 4.37. The average molecular weight is 408 g/mol. The van der Waals surface area contributed by atoms with Crippen molar-refractivity contribution >= 4 is 27.0 Å². The number of amides is 1. The fourth-order valence-corrected chi connectivity index (χ4v) is 5.13. The van der Waals surface area contributed by atoms with Crippen LogP contribution in [0.2, 0.25) is 0 Å². The molecule has 0 atom stereocenters. The van der Waals surface area contributed by atoms with Crippen LogP contribution in [-0.2, 0) is 27.8 Å². The number of hydrogen-bond acceptors (Lipinski definition) is 5. The second-order valence-electron chi connectivity index (χ2n) is 7.37. The quantitative estimate of drug-likeness (QED) is 0.674. The predicted molar refractivity (Wildman–Crippen MR) is 108 cm³/mol. The number of carbonyl (C=O) groups is 1. The van der Waals surface area contributed by atoms with Crippen molar-refractivity contribution in [3.63, 3.8) is 0 Å². The number of benzene rings is 1. The van der Waals surface area contributed by atoms with E-state index < -0.39 is 10.0 Å². The molecule has 3 rings (SSSR count). The molecule has 0 aliphatic carbocycles. The van der Waals surface area contributed by atoms with Crippen LogP contribution >= 0.6 is 0 Å². The Labute approximate surface area is 166 Å². The van der Waals surface area contributed by atoms with Crippen LogP contribution in [0.25, 0.3) is 11.0 Å². The van der Waals surface area contributed by atoms with Crippen molar-refractivity contribution in [3.8, 4) is 0 Å². The lowest BCUT2D eigenvalue weighted by Gasteiger charge is -2.15. The van der Waals surface area contributed by atoms with E-state index in [1.165, 1.54) is 0 Å². The number of rotatable bonds is 8. The highest BCUT2D eigenvalue weighted by molar-refractivity contribution is 7.89. The van der Waals surface area contributed by atoms with E-state index in [4.69, 9.17) is 0 Å². The van der Waals surface area contributed by atoms with Crippen molar-refractivity contribution in [2.45, 2.75) is 50.5 Å². The molecule has 1 aliphatic heterocycles. The molecular formula is C19H29N5O3S. The van der Waals surface area contributed by atoms with Crippen LogP contribution in [0.5, 0.6) is 0 Å². The van der Waals surface area contributed by atoms with Gasteiger partial charge in [0.05, 0.1) is 15.9 Å². The summed E-state index contributed by atoms with van der Waals surface area (Å²) < 4.78 is 29.3. The van der Waals surface area contributed by atoms with E-state index in [-0.39, 0.29) is 5.91 Å². The largest absolute Gasteiger partial charge is 0.328 e. The maximum absolute atomic E-state index is 12.8. The molecule has 0 unspecified atom stereocenters. The number of aromatic nitrogens is 2. The third-order valence-electron chi connectivity index (χ3n) is 4.87. The smallest absolute Gasteiger partial charge is 0.243 e. The normalized spacial score (nSPS) is 15.6. The average Bonchev–Trinajstić information content (AvgIpc) is 3.28. The standard InChI is InChI=1S/C19H29N5O3S/c1-4-11-24-17-8-7-15(28(26,27)23-12-5-6-13-23)14-16(17)20-18(24)9-10-19(25)21-22(2)3/h7-8,14H,4-6,9-13H2,1-3H3,(H,21,25). The Morgan fingerprint density at radius 2 is 1.96 bits per heavy atom. The lowest BCUT2D eigenvalue weighted by atomic mass is 10.2. The predicted octanol–water partition coefficient (Wildman–Crippen LogP) is 1.76. The first-order chi connectivity index (χ1) is 13.3. The van der Waals surface area contributed by atoms with Crippen LogP contribution in [0.4, 0.5) is 0 Å². The summed E-state index contributed by atoms with van der Waals surface area (Å²) >= 11 is 0. The summed E-state index contributed by atoms with van der Waals surface area (Å²) in [6.45, 7) is 4.02. The molecule has 1 amide bonds. The van der Waals surface area contributed by atoms with Crippen LogP contribution in [-0.4, -0.2) is 60.4 Å². The van der Waals surface area contributed by atoms with Gasteiger partial charge >= 0.3 is 0 Å². The summed E-state index contributed by atoms with van der Waals surface area (Å²) in [7, 11) is 0.0700. The fraction of sp³-hybridized carbons (Fsp3) is 0.579. The zero-order valence-corrected chi connectivity index (χ0v) is 17.6. The lowest BCUT2D eigenvalue weighted by molar-refractivity contribution is -0.124. The van der Waals surface area contributed by atoms with Crippen LogP contribution in [0, 0.1) is 0 Å². The van der Waals surface area contributed by atoms with Crippen molar-refractivity contribution in [2.24, 2.45) is 0 Å². The monoisotopic (exact) mass is 407 g/mol. The van der Waals surface area contributed by atoms with Gasteiger partial charge in [-0.1, -0.05) is 6.92 Å². The van der Waals surface area contributed by atoms with E-state index in [1.807, 2.05) is 6.07 Å². The number of fused-ring (bicyclic) bond motifs is 1. The summed E-state index contributed by atoms with van der Waals surface area (Å²) in [5.41, 5.74) is 4.30. The summed E-state index contributed by atoms with van der Waals surface area (Å²) in [4.78, 5) is 16.9. The number of nitrogens with one attached hydrogen (secondary N) is 1. The number of aryl methyl sites for hydroxylation is 2. The summed E-state index contributed by atoms with van der Waals surface area (Å²) in [6.07, 6.45) is 3.57. The Bertz CT molecular complexity index is 946. The summed E-state index contributed by atoms with van der Waals surface area (Å²) in [5.74, 6) is 0.735. The third-order valence-corrected chi connectivity index (χ3v) is 6.77. The number of hydrazine groups is 1. The van der Waals surface area contributed by atoms with E-state index in [0.717, 1.165) is 37.1 Å². The first-order valence-electron chi connectivity index (χ1n) is 9.79. The Morgan fingerprint density at radius 1 is 1.25 bits per heavy atom. The van der Waals surface area contributed by atoms with Crippen LogP contribution < -0.4 is 5.43 Å². The molecule has 1 saturated heterocycles. The minimum Gasteiger partial charge on any atom is -0.328 e. The van der Waals surface area contributed by atoms with Gasteiger partial charge in [0.25, 0.3) is 0 Å². The van der Waals surface area contributed by atoms with Gasteiger partial charge < -0.3 is 4.57 Å². The fourth-order valence-electron chi connectivity index (χ4n) is 3.59. The van der Waals surface area contributed by atoms with Gasteiger partial charge in [-0.25, -0.2) is 18.4 Å². The molecule has 8 nitrogen and oxygen atoms in total. The van der Waals surface area contributed by atoms with Crippen LogP contribution in [0.1, 0.15) is 38.4 Å². The highest BCUT2D eigenvalue weighted by atomic mass is 32.2. The lowest BCUT2D eigenvalue weighted by Crippen LogP contribution is -2.36. The van der Waals surface area contributed by atoms with Gasteiger partial charge in [-0.05, 0) is 37.5 Å². The SMILES string of the molecule is CCCn1c(CCC(=O)NN(C)C)nc2cc(S(=O)(=O)N3CCCC3)ccc21. The maximum atomic E-state index is 12.8. The van der Waals surface area contributed by atoms with Crippen molar-refractivity contribution in [1.29, 1.82) is 0 Å². The van der Waals surface area contributed by atoms with Crippen molar-refractivity contribution in [3.05, 3.63) is 24.0 Å². The number of carbonyl (C=O) groups excluding carboxylic acids is 1. The topological polar surface area (TPSA) is 87.5 Å². The van der Waals surface area contributed by atoms with E-state index in [9.17, 15) is 13.2 Å². The second kappa shape index (κ2) is 8.59. The van der Waals surface area contributed by atoms with E-state index in [2.05, 4.69) is 21.9 Å². The Kier molecular flexibility index (Phi) is 6.36. The van der Waals surface area contributed by atoms with Gasteiger partial charge in [0.15, 0.2) is 0 Å². The number of imidazole rings is 1. The molecule has 0 bridgehead atoms. The molecule has 1 fully saturated rings. The Hall–Kier alpha value is -1.97. The highest BCUT2D eigenvalue weighted by Gasteiger charge is 2.27. The van der Waals surface area contributed by atoms with Gasteiger partial charge in [-0.2, -0.15) is 4.31 Å². The minimum absolute atomic E-state index is 0.0718. The number of nitrogens with zero attached hydrogens (tertiary/aromatic N) is 4. The molecule has 154 valence electrons. The highest BCUT2D eigenvalue weighted by Crippen LogP contribution is 2.25. The van der Waals surface area contributed by atoms with Crippen LogP contribution in [0.15, 0.2) is 23.1 Å². The molecule has 1 aromatic heterocycles. The van der Waals surface area contributed by atoms with E-state index >= 15 is 0 Å². The zero-order valence-electron chi connectivity index (χ0n) is 16.8. The van der Waals surface area contributed by atoms with Crippen LogP contribution in [0.3, 0.4) is 0 Å². The van der Waals surface area contributed by atoms with Gasteiger partial charge in [0, 0.05) is 46.6 Å². The first kappa shape index (κ1) is 20.8. The molecule has 2 heterocycles. The second-order valence-corrected chi connectivity index (χ2v) is 9.31. The van der Waals surface area contributed by atoms with Gasteiger partial charge in [-0.3, -0.25) is 10.2 Å². The van der Waals surface area contributed by atoms with E-state index in [0.29, 0.717) is 36.3 Å². The Balaban J connectivity index is 1.90. The zero-order chi connectivity index (χ0) is 20.3. The van der Waals surface area contributed by atoms with Gasteiger partial charge in [-0.15, -0.1) is 0 Å². The molecular weight excluding hydrogens is 378 g/mol. The van der Waals surface area contributed by atoms with Crippen molar-refractivity contribution in [2.75, 3.05) is 27.2 Å². The first-order valence-corrected chi connectivity index (χ1v) is 11.2. The molecule has 2 aromatic rings. The Morgan fingerprint density at radius 3 is 2.61 bits per heavy atom. The van der Waals surface area contributed by atoms with Gasteiger partial charge in [0.1, 0.15) is 5.82 Å². The molecule has 1 aromatic carbocycles. The van der Waals surface area contributed by atoms with Crippen molar-refractivity contribution < 1.29 is 13.2 Å². The summed E-state index contributed by atoms with van der Waals surface area (Å²) in [5, 5.41) is 1.62. The summed E-state index contributed by atoms with van der Waals surface area (Å²) in [6, 6.07) is 5.18. The molecule has 0 spiro atoms. The molecule has 1 aliphatic rings. The van der Waals surface area contributed by atoms with E-state index in [1.54, 1.807) is 35.5 Å². The molecule has 28 heavy (non-hydrogen) atoms. The number of hydrogen-bond donors (Lipinski definition) is 1. The molecule has 9 heteroatoms. The number of sulfonamides is 1. The minimum atomic E-state index is -3.47.